The Labute approximate surface area is 178 Å². The van der Waals surface area contributed by atoms with Crippen molar-refractivity contribution in [3.63, 3.8) is 0 Å². The van der Waals surface area contributed by atoms with Crippen molar-refractivity contribution in [1.82, 2.24) is 29.3 Å². The highest BCUT2D eigenvalue weighted by Gasteiger charge is 2.42. The molecule has 1 amide bonds. The number of nitrogens with zero attached hydrogens (tertiary/aromatic N) is 8. The van der Waals surface area contributed by atoms with E-state index in [1.807, 2.05) is 0 Å². The van der Waals surface area contributed by atoms with Gasteiger partial charge in [0.15, 0.2) is 23.2 Å². The highest BCUT2D eigenvalue weighted by molar-refractivity contribution is 5.94. The van der Waals surface area contributed by atoms with E-state index in [1.165, 1.54) is 15.8 Å². The van der Waals surface area contributed by atoms with Crippen molar-refractivity contribution in [3.8, 4) is 6.19 Å². The van der Waals surface area contributed by atoms with Gasteiger partial charge in [-0.1, -0.05) is 0 Å². The second-order valence-corrected chi connectivity index (χ2v) is 7.28. The highest BCUT2D eigenvalue weighted by atomic mass is 16.6. The van der Waals surface area contributed by atoms with Gasteiger partial charge >= 0.3 is 0 Å². The van der Waals surface area contributed by atoms with E-state index in [4.69, 9.17) is 10.00 Å². The van der Waals surface area contributed by atoms with Crippen LogP contribution < -0.4 is 5.32 Å². The Hall–Kier alpha value is -3.34. The van der Waals surface area contributed by atoms with Crippen LogP contribution in [0.3, 0.4) is 0 Å². The lowest BCUT2D eigenvalue weighted by Gasteiger charge is -2.25. The predicted molar refractivity (Wildman–Crippen MR) is 110 cm³/mol. The normalized spacial score (nSPS) is 23.6. The van der Waals surface area contributed by atoms with E-state index in [2.05, 4.69) is 25.3 Å². The molecule has 13 nitrogen and oxygen atoms in total. The number of imidazole rings is 1. The number of carbonyl (C=O) groups is 1. The number of aliphatic hydroxyl groups excluding tert-OH is 2. The van der Waals surface area contributed by atoms with Gasteiger partial charge in [-0.15, -0.1) is 0 Å². The molecule has 2 aromatic heterocycles. The van der Waals surface area contributed by atoms with Crippen LogP contribution in [0.15, 0.2) is 11.3 Å². The number of hydrogen-bond acceptors (Lipinski definition) is 10. The molecule has 3 heterocycles. The number of amidine groups is 1. The average molecular weight is 431 g/mol. The maximum Gasteiger partial charge on any atom is 0.292 e. The third-order valence-electron chi connectivity index (χ3n) is 5.14. The number of nitriles is 1. The molecule has 0 spiro atoms. The van der Waals surface area contributed by atoms with Crippen molar-refractivity contribution in [2.75, 3.05) is 33.1 Å². The van der Waals surface area contributed by atoms with Gasteiger partial charge in [0.25, 0.3) is 5.91 Å². The van der Waals surface area contributed by atoms with Gasteiger partial charge in [0, 0.05) is 21.1 Å². The minimum Gasteiger partial charge on any atom is -0.388 e. The summed E-state index contributed by atoms with van der Waals surface area (Å²) in [6.45, 7) is 3.46. The second kappa shape index (κ2) is 8.80. The second-order valence-electron chi connectivity index (χ2n) is 7.28. The molecular formula is C18H25N9O4. The number of rotatable bonds is 5. The first kappa shape index (κ1) is 22.3. The lowest BCUT2D eigenvalue weighted by Crippen LogP contribution is -2.40. The van der Waals surface area contributed by atoms with Crippen LogP contribution in [0.4, 0.5) is 5.82 Å². The topological polar surface area (TPSA) is 165 Å². The number of ether oxygens (including phenoxy) is 1. The van der Waals surface area contributed by atoms with Crippen LogP contribution in [0.25, 0.3) is 11.2 Å². The fourth-order valence-electron chi connectivity index (χ4n) is 3.24. The number of aliphatic imine (C=N–C) groups is 1. The molecule has 1 saturated heterocycles. The number of fused-ring (bicyclic) bond motifs is 1. The number of anilines is 1. The van der Waals surface area contributed by atoms with E-state index < -0.39 is 30.4 Å². The van der Waals surface area contributed by atoms with Crippen molar-refractivity contribution in [3.05, 3.63) is 12.2 Å². The first-order chi connectivity index (χ1) is 14.7. The molecule has 0 aliphatic carbocycles. The lowest BCUT2D eigenvalue weighted by molar-refractivity contribution is -0.0299. The minimum atomic E-state index is -1.18. The summed E-state index contributed by atoms with van der Waals surface area (Å²) < 4.78 is 7.14. The number of aliphatic hydroxyl groups is 2. The van der Waals surface area contributed by atoms with Gasteiger partial charge in [-0.25, -0.2) is 15.0 Å². The van der Waals surface area contributed by atoms with Crippen LogP contribution in [0, 0.1) is 11.5 Å². The lowest BCUT2D eigenvalue weighted by atomic mass is 10.1. The Balaban J connectivity index is 1.96. The van der Waals surface area contributed by atoms with Crippen LogP contribution >= 0.6 is 0 Å². The van der Waals surface area contributed by atoms with Crippen molar-refractivity contribution in [2.45, 2.75) is 38.4 Å². The molecule has 3 rings (SSSR count). The Morgan fingerprint density at radius 1 is 1.35 bits per heavy atom. The maximum absolute atomic E-state index is 13.0. The quantitative estimate of drug-likeness (QED) is 0.240. The highest BCUT2D eigenvalue weighted by Crippen LogP contribution is 2.32. The molecule has 0 radical (unpaired) electrons. The van der Waals surface area contributed by atoms with Gasteiger partial charge in [-0.3, -0.25) is 9.36 Å². The number of carbonyl (C=O) groups excluding carboxylic acids is 1. The smallest absolute Gasteiger partial charge is 0.292 e. The SMILES string of the molecule is CNc1nc(C(=O)N(C)CN(C)C(C)=NC#N)nc2c1ncn2C1O[C@H](C)C(O)C1O. The van der Waals surface area contributed by atoms with Gasteiger partial charge in [-0.2, -0.15) is 10.3 Å². The summed E-state index contributed by atoms with van der Waals surface area (Å²) in [6, 6.07) is 0. The Morgan fingerprint density at radius 3 is 2.65 bits per heavy atom. The molecule has 2 aromatic rings. The van der Waals surface area contributed by atoms with E-state index in [9.17, 15) is 15.0 Å². The van der Waals surface area contributed by atoms with Crippen LogP contribution in [-0.4, -0.2) is 97.4 Å². The summed E-state index contributed by atoms with van der Waals surface area (Å²) in [7, 11) is 4.91. The predicted octanol–water partition coefficient (Wildman–Crippen LogP) is -0.632. The van der Waals surface area contributed by atoms with Crippen molar-refractivity contribution in [1.29, 1.82) is 5.26 Å². The number of aromatic nitrogens is 4. The summed E-state index contributed by atoms with van der Waals surface area (Å²) in [5, 5.41) is 32.0. The van der Waals surface area contributed by atoms with Gasteiger partial charge in [0.2, 0.25) is 12.0 Å². The van der Waals surface area contributed by atoms with Crippen LogP contribution in [-0.2, 0) is 4.74 Å². The van der Waals surface area contributed by atoms with Crippen LogP contribution in [0.5, 0.6) is 0 Å². The molecule has 0 saturated carbocycles. The number of amides is 1. The van der Waals surface area contributed by atoms with Gasteiger partial charge in [0.1, 0.15) is 18.0 Å². The standard InChI is InChI=1S/C18H25N9O4/c1-9-12(28)13(29)18(31-9)27-7-22-11-14(20-3)23-15(24-16(11)27)17(30)26(5)8-25(4)10(2)21-6-19/h7,9,12-13,18,28-29H,8H2,1-5H3,(H,20,23,24)/t9-,12?,13?,18?/m1/s1. The van der Waals surface area contributed by atoms with Crippen molar-refractivity contribution in [2.24, 2.45) is 4.99 Å². The van der Waals surface area contributed by atoms with Crippen molar-refractivity contribution >= 4 is 28.7 Å². The average Bonchev–Trinajstić information content (AvgIpc) is 3.28. The summed E-state index contributed by atoms with van der Waals surface area (Å²) >= 11 is 0. The first-order valence-corrected chi connectivity index (χ1v) is 9.53. The van der Waals surface area contributed by atoms with E-state index in [1.54, 1.807) is 46.1 Å². The largest absolute Gasteiger partial charge is 0.388 e. The minimum absolute atomic E-state index is 0.0922. The van der Waals surface area contributed by atoms with E-state index >= 15 is 0 Å². The Kier molecular flexibility index (Phi) is 6.34. The summed E-state index contributed by atoms with van der Waals surface area (Å²) in [4.78, 5) is 32.6. The molecule has 4 atom stereocenters. The summed E-state index contributed by atoms with van der Waals surface area (Å²) in [5.41, 5.74) is 0.665. The van der Waals surface area contributed by atoms with Crippen molar-refractivity contribution < 1.29 is 19.7 Å². The molecule has 3 N–H and O–H groups in total. The van der Waals surface area contributed by atoms with E-state index in [-0.39, 0.29) is 18.1 Å². The monoisotopic (exact) mass is 431 g/mol. The van der Waals surface area contributed by atoms with Crippen LogP contribution in [0.1, 0.15) is 30.7 Å². The molecule has 1 aliphatic heterocycles. The zero-order chi connectivity index (χ0) is 22.9. The molecule has 31 heavy (non-hydrogen) atoms. The summed E-state index contributed by atoms with van der Waals surface area (Å²) in [6.07, 6.45) is -0.603. The van der Waals surface area contributed by atoms with Gasteiger partial charge in [-0.05, 0) is 13.8 Å². The van der Waals surface area contributed by atoms with Gasteiger partial charge < -0.3 is 30.1 Å². The zero-order valence-electron chi connectivity index (χ0n) is 17.9. The molecule has 1 fully saturated rings. The third-order valence-corrected chi connectivity index (χ3v) is 5.14. The zero-order valence-corrected chi connectivity index (χ0v) is 17.9. The fourth-order valence-corrected chi connectivity index (χ4v) is 3.24. The first-order valence-electron chi connectivity index (χ1n) is 9.53. The molecule has 0 bridgehead atoms. The van der Waals surface area contributed by atoms with Gasteiger partial charge in [0.05, 0.1) is 19.1 Å². The molecule has 166 valence electrons. The molecular weight excluding hydrogens is 406 g/mol. The molecule has 13 heteroatoms. The Morgan fingerprint density at radius 2 is 2.06 bits per heavy atom. The number of hydrogen-bond donors (Lipinski definition) is 3. The fraction of sp³-hybridized carbons (Fsp3) is 0.556. The summed E-state index contributed by atoms with van der Waals surface area (Å²) in [5.74, 6) is 0.222. The molecule has 0 aromatic carbocycles. The van der Waals surface area contributed by atoms with E-state index in [0.717, 1.165) is 0 Å². The van der Waals surface area contributed by atoms with E-state index in [0.29, 0.717) is 17.2 Å². The maximum atomic E-state index is 13.0. The Bertz CT molecular complexity index is 1050. The van der Waals surface area contributed by atoms with Crippen LogP contribution in [0.2, 0.25) is 0 Å². The third kappa shape index (κ3) is 4.13. The molecule has 3 unspecified atom stereocenters. The number of nitrogens with one attached hydrogen (secondary N) is 1. The molecule has 1 aliphatic rings.